The minimum Gasteiger partial charge on any atom is -0.368 e. The summed E-state index contributed by atoms with van der Waals surface area (Å²) in [6.45, 7) is 4.92. The molecule has 0 saturated carbocycles. The van der Waals surface area contributed by atoms with Gasteiger partial charge in [-0.15, -0.1) is 0 Å². The number of thiophene rings is 1. The molecule has 0 unspecified atom stereocenters. The van der Waals surface area contributed by atoms with Crippen molar-refractivity contribution >= 4 is 51.8 Å². The van der Waals surface area contributed by atoms with Crippen molar-refractivity contribution in [1.29, 1.82) is 0 Å². The molecule has 7 heteroatoms. The third-order valence-corrected chi connectivity index (χ3v) is 7.00. The predicted molar refractivity (Wildman–Crippen MR) is 137 cm³/mol. The monoisotopic (exact) mass is 487 g/mol. The maximum Gasteiger partial charge on any atom is 0.224 e. The SMILES string of the molecule is O=C(CCCCN1CCN(c2ccc(Cl)cc2Cl)CC1)Nc1ccc(-c2ccsc2)cc1. The summed E-state index contributed by atoms with van der Waals surface area (Å²) in [5.41, 5.74) is 4.29. The lowest BCUT2D eigenvalue weighted by atomic mass is 10.1. The third kappa shape index (κ3) is 6.26. The number of nitrogens with one attached hydrogen (secondary N) is 1. The number of amides is 1. The van der Waals surface area contributed by atoms with E-state index in [4.69, 9.17) is 23.2 Å². The molecule has 1 saturated heterocycles. The lowest BCUT2D eigenvalue weighted by Crippen LogP contribution is -2.46. The van der Waals surface area contributed by atoms with Gasteiger partial charge in [-0.25, -0.2) is 0 Å². The number of anilines is 2. The molecule has 32 heavy (non-hydrogen) atoms. The molecule has 0 radical (unpaired) electrons. The molecule has 3 aromatic rings. The lowest BCUT2D eigenvalue weighted by Gasteiger charge is -2.36. The molecule has 1 amide bonds. The van der Waals surface area contributed by atoms with Crippen LogP contribution in [-0.4, -0.2) is 43.5 Å². The molecule has 1 fully saturated rings. The molecule has 0 atom stereocenters. The molecule has 2 aromatic carbocycles. The highest BCUT2D eigenvalue weighted by Crippen LogP contribution is 2.29. The molecule has 1 aliphatic heterocycles. The first-order valence-corrected chi connectivity index (χ1v) is 12.6. The van der Waals surface area contributed by atoms with Crippen LogP contribution in [0.2, 0.25) is 10.0 Å². The first-order valence-electron chi connectivity index (χ1n) is 10.9. The summed E-state index contributed by atoms with van der Waals surface area (Å²) in [5, 5.41) is 8.57. The highest BCUT2D eigenvalue weighted by atomic mass is 35.5. The van der Waals surface area contributed by atoms with Gasteiger partial charge < -0.3 is 10.2 Å². The van der Waals surface area contributed by atoms with Gasteiger partial charge in [-0.3, -0.25) is 9.69 Å². The molecular formula is C25H27Cl2N3OS. The summed E-state index contributed by atoms with van der Waals surface area (Å²) < 4.78 is 0. The van der Waals surface area contributed by atoms with Gasteiger partial charge in [-0.2, -0.15) is 11.3 Å². The fourth-order valence-corrected chi connectivity index (χ4v) is 5.16. The Morgan fingerprint density at radius 3 is 2.41 bits per heavy atom. The van der Waals surface area contributed by atoms with E-state index in [1.165, 1.54) is 11.1 Å². The number of piperazine rings is 1. The number of nitrogens with zero attached hydrogens (tertiary/aromatic N) is 2. The molecule has 1 aromatic heterocycles. The molecule has 2 heterocycles. The number of carbonyl (C=O) groups excluding carboxylic acids is 1. The van der Waals surface area contributed by atoms with Gasteiger partial charge in [-0.1, -0.05) is 35.3 Å². The summed E-state index contributed by atoms with van der Waals surface area (Å²) in [4.78, 5) is 17.1. The van der Waals surface area contributed by atoms with Gasteiger partial charge in [0.15, 0.2) is 0 Å². The smallest absolute Gasteiger partial charge is 0.224 e. The number of hydrogen-bond acceptors (Lipinski definition) is 4. The third-order valence-electron chi connectivity index (χ3n) is 5.77. The average Bonchev–Trinajstić information content (AvgIpc) is 3.33. The number of hydrogen-bond donors (Lipinski definition) is 1. The topological polar surface area (TPSA) is 35.6 Å². The van der Waals surface area contributed by atoms with E-state index in [1.807, 2.05) is 24.3 Å². The second kappa shape index (κ2) is 11.2. The molecule has 4 rings (SSSR count). The maximum atomic E-state index is 12.3. The Balaban J connectivity index is 1.13. The van der Waals surface area contributed by atoms with E-state index in [2.05, 4.69) is 44.1 Å². The number of rotatable bonds is 8. The minimum absolute atomic E-state index is 0.0792. The van der Waals surface area contributed by atoms with Gasteiger partial charge in [0, 0.05) is 43.3 Å². The largest absolute Gasteiger partial charge is 0.368 e. The zero-order valence-corrected chi connectivity index (χ0v) is 20.2. The van der Waals surface area contributed by atoms with Gasteiger partial charge >= 0.3 is 0 Å². The Morgan fingerprint density at radius 1 is 0.938 bits per heavy atom. The molecule has 1 aliphatic rings. The fourth-order valence-electron chi connectivity index (χ4n) is 3.97. The van der Waals surface area contributed by atoms with E-state index < -0.39 is 0 Å². The van der Waals surface area contributed by atoms with Crippen molar-refractivity contribution in [2.24, 2.45) is 0 Å². The Bertz CT molecular complexity index is 1020. The Hall–Kier alpha value is -2.05. The Morgan fingerprint density at radius 2 is 1.72 bits per heavy atom. The van der Waals surface area contributed by atoms with Crippen molar-refractivity contribution in [2.45, 2.75) is 19.3 Å². The van der Waals surface area contributed by atoms with E-state index in [0.717, 1.165) is 56.9 Å². The number of carbonyl (C=O) groups is 1. The van der Waals surface area contributed by atoms with Crippen LogP contribution in [-0.2, 0) is 4.79 Å². The van der Waals surface area contributed by atoms with Crippen LogP contribution >= 0.6 is 34.5 Å². The fraction of sp³-hybridized carbons (Fsp3) is 0.320. The standard InChI is InChI=1S/C25H27Cl2N3OS/c26-21-6-9-24(23(27)17-21)30-14-12-29(13-15-30)11-2-1-3-25(31)28-22-7-4-19(5-8-22)20-10-16-32-18-20/h4-10,16-18H,1-3,11-15H2,(H,28,31). The number of unbranched alkanes of at least 4 members (excludes halogenated alkanes) is 1. The highest BCUT2D eigenvalue weighted by molar-refractivity contribution is 7.08. The zero-order valence-electron chi connectivity index (χ0n) is 17.9. The summed E-state index contributed by atoms with van der Waals surface area (Å²) in [6, 6.07) is 15.8. The summed E-state index contributed by atoms with van der Waals surface area (Å²) >= 11 is 14.0. The van der Waals surface area contributed by atoms with Crippen molar-refractivity contribution in [2.75, 3.05) is 42.9 Å². The molecular weight excluding hydrogens is 461 g/mol. The molecule has 1 N–H and O–H groups in total. The van der Waals surface area contributed by atoms with Crippen molar-refractivity contribution in [3.05, 3.63) is 69.3 Å². The van der Waals surface area contributed by atoms with Gasteiger partial charge in [0.05, 0.1) is 10.7 Å². The van der Waals surface area contributed by atoms with E-state index >= 15 is 0 Å². The lowest BCUT2D eigenvalue weighted by molar-refractivity contribution is -0.116. The second-order valence-corrected chi connectivity index (χ2v) is 9.64. The van der Waals surface area contributed by atoms with Crippen LogP contribution in [0.1, 0.15) is 19.3 Å². The molecule has 168 valence electrons. The van der Waals surface area contributed by atoms with Crippen molar-refractivity contribution in [3.8, 4) is 11.1 Å². The van der Waals surface area contributed by atoms with Crippen LogP contribution in [0.5, 0.6) is 0 Å². The molecule has 0 spiro atoms. The van der Waals surface area contributed by atoms with Crippen molar-refractivity contribution < 1.29 is 4.79 Å². The van der Waals surface area contributed by atoms with Crippen LogP contribution in [0.3, 0.4) is 0 Å². The van der Waals surface area contributed by atoms with E-state index in [1.54, 1.807) is 17.4 Å². The predicted octanol–water partition coefficient (Wildman–Crippen LogP) is 6.65. The van der Waals surface area contributed by atoms with Gasteiger partial charge in [0.1, 0.15) is 0 Å². The Kier molecular flexibility index (Phi) is 8.09. The highest BCUT2D eigenvalue weighted by Gasteiger charge is 2.18. The molecule has 0 bridgehead atoms. The number of benzene rings is 2. The average molecular weight is 488 g/mol. The van der Waals surface area contributed by atoms with Crippen molar-refractivity contribution in [1.82, 2.24) is 4.90 Å². The molecule has 0 aliphatic carbocycles. The van der Waals surface area contributed by atoms with Crippen molar-refractivity contribution in [3.63, 3.8) is 0 Å². The summed E-state index contributed by atoms with van der Waals surface area (Å²) in [5.74, 6) is 0.0792. The van der Waals surface area contributed by atoms with Crippen LogP contribution in [0.15, 0.2) is 59.3 Å². The van der Waals surface area contributed by atoms with Crippen LogP contribution in [0.25, 0.3) is 11.1 Å². The van der Waals surface area contributed by atoms with Crippen LogP contribution < -0.4 is 10.2 Å². The summed E-state index contributed by atoms with van der Waals surface area (Å²) in [6.07, 6.45) is 2.46. The van der Waals surface area contributed by atoms with E-state index in [0.29, 0.717) is 16.5 Å². The Labute approximate surface area is 203 Å². The van der Waals surface area contributed by atoms with Gasteiger partial charge in [0.25, 0.3) is 0 Å². The van der Waals surface area contributed by atoms with Crippen LogP contribution in [0.4, 0.5) is 11.4 Å². The first kappa shape index (κ1) is 23.1. The second-order valence-electron chi connectivity index (χ2n) is 8.02. The van der Waals surface area contributed by atoms with E-state index in [-0.39, 0.29) is 5.91 Å². The quantitative estimate of drug-likeness (QED) is 0.361. The van der Waals surface area contributed by atoms with E-state index in [9.17, 15) is 4.79 Å². The van der Waals surface area contributed by atoms with Gasteiger partial charge in [-0.05, 0) is 77.7 Å². The normalized spacial score (nSPS) is 14.5. The van der Waals surface area contributed by atoms with Gasteiger partial charge in [0.2, 0.25) is 5.91 Å². The first-order chi connectivity index (χ1) is 15.6. The minimum atomic E-state index is 0.0792. The summed E-state index contributed by atoms with van der Waals surface area (Å²) in [7, 11) is 0. The van der Waals surface area contributed by atoms with Crippen LogP contribution in [0, 0.1) is 0 Å². The zero-order chi connectivity index (χ0) is 22.3. The maximum absolute atomic E-state index is 12.3. The molecule has 4 nitrogen and oxygen atoms in total. The number of halogens is 2.